The van der Waals surface area contributed by atoms with E-state index in [1.54, 1.807) is 0 Å². The number of carbonyl (C=O) groups is 1. The molecule has 0 bridgehead atoms. The Balaban J connectivity index is 3.54. The van der Waals surface area contributed by atoms with Crippen LogP contribution >= 0.6 is 0 Å². The summed E-state index contributed by atoms with van der Waals surface area (Å²) in [6.45, 7) is 5.05. The predicted molar refractivity (Wildman–Crippen MR) is 278 cm³/mol. The molecule has 0 aliphatic rings. The van der Waals surface area contributed by atoms with E-state index in [4.69, 9.17) is 9.47 Å². The molecule has 0 heterocycles. The van der Waals surface area contributed by atoms with Crippen molar-refractivity contribution in [3.05, 3.63) is 134 Å². The van der Waals surface area contributed by atoms with E-state index >= 15 is 0 Å². The fourth-order valence-electron chi connectivity index (χ4n) is 6.71. The summed E-state index contributed by atoms with van der Waals surface area (Å²) in [5.74, 6) is -0.218. The summed E-state index contributed by atoms with van der Waals surface area (Å²) in [4.78, 5) is 12.3. The van der Waals surface area contributed by atoms with Crippen LogP contribution < -0.4 is 0 Å². The minimum atomic E-state index is -0.561. The van der Waals surface area contributed by atoms with Crippen LogP contribution in [-0.4, -0.2) is 37.0 Å². The van der Waals surface area contributed by atoms with Gasteiger partial charge in [-0.25, -0.2) is 0 Å². The minimum Gasteiger partial charge on any atom is -0.457 e. The Morgan fingerprint density at radius 3 is 1.00 bits per heavy atom. The topological polar surface area (TPSA) is 55.8 Å². The van der Waals surface area contributed by atoms with Crippen molar-refractivity contribution in [3.8, 4) is 0 Å². The Morgan fingerprint density at radius 1 is 0.381 bits per heavy atom. The molecule has 0 aliphatic carbocycles. The van der Waals surface area contributed by atoms with Gasteiger partial charge >= 0.3 is 5.97 Å². The van der Waals surface area contributed by atoms with Gasteiger partial charge in [0.15, 0.2) is 0 Å². The van der Waals surface area contributed by atoms with Gasteiger partial charge in [-0.3, -0.25) is 4.79 Å². The number of ether oxygens (including phenoxy) is 2. The maximum atomic E-state index is 12.3. The number of unbranched alkanes of at least 4 members (excludes halogenated alkanes) is 16. The molecule has 0 aromatic heterocycles. The van der Waals surface area contributed by atoms with Crippen molar-refractivity contribution < 1.29 is 19.4 Å². The lowest BCUT2D eigenvalue weighted by Gasteiger charge is -2.15. The van der Waals surface area contributed by atoms with Crippen LogP contribution in [0.2, 0.25) is 0 Å². The van der Waals surface area contributed by atoms with Gasteiger partial charge in [0.05, 0.1) is 13.2 Å². The van der Waals surface area contributed by atoms with E-state index in [-0.39, 0.29) is 19.2 Å². The van der Waals surface area contributed by atoms with Crippen LogP contribution in [-0.2, 0) is 14.3 Å². The number of esters is 1. The SMILES string of the molecule is CC/C=C\C/C=C\C/C=C\C/C=C\C/C=C\C/C=C\C/C=C\CCCCCCOCC(CO)OC(=O)CCCCCCCCCCCCCC/C=C\C/C=C\C/C=C\C/C=C\CC. The van der Waals surface area contributed by atoms with Crippen molar-refractivity contribution in [2.24, 2.45) is 0 Å². The first-order chi connectivity index (χ1) is 31.2. The zero-order valence-corrected chi connectivity index (χ0v) is 40.8. The van der Waals surface area contributed by atoms with E-state index in [1.165, 1.54) is 83.5 Å². The third-order valence-corrected chi connectivity index (χ3v) is 10.5. The molecule has 0 amide bonds. The highest BCUT2D eigenvalue weighted by Crippen LogP contribution is 2.14. The second-order valence-electron chi connectivity index (χ2n) is 16.5. The number of allylic oxidation sites excluding steroid dienone is 22. The summed E-state index contributed by atoms with van der Waals surface area (Å²) < 4.78 is 11.2. The molecule has 0 aromatic rings. The van der Waals surface area contributed by atoms with E-state index in [0.29, 0.717) is 13.0 Å². The van der Waals surface area contributed by atoms with Crippen molar-refractivity contribution in [2.45, 2.75) is 213 Å². The lowest BCUT2D eigenvalue weighted by atomic mass is 10.0. The quantitative estimate of drug-likeness (QED) is 0.0376. The third kappa shape index (κ3) is 52.8. The van der Waals surface area contributed by atoms with Crippen molar-refractivity contribution in [2.75, 3.05) is 19.8 Å². The summed E-state index contributed by atoms with van der Waals surface area (Å²) >= 11 is 0. The van der Waals surface area contributed by atoms with Crippen LogP contribution in [0.25, 0.3) is 0 Å². The van der Waals surface area contributed by atoms with Gasteiger partial charge in [-0.15, -0.1) is 0 Å². The van der Waals surface area contributed by atoms with Crippen molar-refractivity contribution in [3.63, 3.8) is 0 Å². The van der Waals surface area contributed by atoms with Crippen molar-refractivity contribution >= 4 is 5.97 Å². The van der Waals surface area contributed by atoms with Crippen LogP contribution in [0, 0.1) is 0 Å². The van der Waals surface area contributed by atoms with E-state index in [1.807, 2.05) is 0 Å². The van der Waals surface area contributed by atoms with Gasteiger partial charge < -0.3 is 14.6 Å². The Kier molecular flexibility index (Phi) is 51.7. The van der Waals surface area contributed by atoms with Gasteiger partial charge in [0.2, 0.25) is 0 Å². The first-order valence-corrected chi connectivity index (χ1v) is 25.8. The van der Waals surface area contributed by atoms with Crippen LogP contribution in [0.3, 0.4) is 0 Å². The van der Waals surface area contributed by atoms with Crippen molar-refractivity contribution in [1.82, 2.24) is 0 Å². The largest absolute Gasteiger partial charge is 0.457 e. The van der Waals surface area contributed by atoms with Gasteiger partial charge in [-0.1, -0.05) is 225 Å². The number of hydrogen-bond acceptors (Lipinski definition) is 4. The van der Waals surface area contributed by atoms with E-state index in [0.717, 1.165) is 103 Å². The molecule has 0 saturated carbocycles. The van der Waals surface area contributed by atoms with Gasteiger partial charge in [-0.2, -0.15) is 0 Å². The molecule has 0 aliphatic heterocycles. The summed E-state index contributed by atoms with van der Waals surface area (Å²) in [6, 6.07) is 0. The molecule has 63 heavy (non-hydrogen) atoms. The van der Waals surface area contributed by atoms with E-state index in [9.17, 15) is 9.90 Å². The van der Waals surface area contributed by atoms with Gasteiger partial charge in [0.1, 0.15) is 6.10 Å². The highest BCUT2D eigenvalue weighted by molar-refractivity contribution is 5.69. The summed E-state index contributed by atoms with van der Waals surface area (Å²) in [7, 11) is 0. The molecule has 356 valence electrons. The Labute approximate surface area is 390 Å². The third-order valence-electron chi connectivity index (χ3n) is 10.5. The molecule has 0 fully saturated rings. The van der Waals surface area contributed by atoms with Gasteiger partial charge in [-0.05, 0) is 109 Å². The Bertz CT molecular complexity index is 1290. The van der Waals surface area contributed by atoms with Crippen LogP contribution in [0.5, 0.6) is 0 Å². The summed E-state index contributed by atoms with van der Waals surface area (Å²) in [6.07, 6.45) is 82.5. The monoisotopic (exact) mass is 869 g/mol. The average Bonchev–Trinajstić information content (AvgIpc) is 3.29. The highest BCUT2D eigenvalue weighted by Gasteiger charge is 2.13. The van der Waals surface area contributed by atoms with E-state index < -0.39 is 6.10 Å². The maximum Gasteiger partial charge on any atom is 0.306 e. The number of rotatable bonds is 46. The number of carbonyl (C=O) groups excluding carboxylic acids is 1. The molecule has 1 unspecified atom stereocenters. The first-order valence-electron chi connectivity index (χ1n) is 25.8. The Morgan fingerprint density at radius 2 is 0.667 bits per heavy atom. The number of aliphatic hydroxyl groups is 1. The average molecular weight is 869 g/mol. The van der Waals surface area contributed by atoms with Gasteiger partial charge in [0, 0.05) is 13.0 Å². The predicted octanol–water partition coefficient (Wildman–Crippen LogP) is 17.8. The molecule has 0 saturated heterocycles. The Hall–Kier alpha value is -3.47. The number of aliphatic hydroxyl groups excluding tert-OH is 1. The summed E-state index contributed by atoms with van der Waals surface area (Å²) in [5.41, 5.74) is 0. The van der Waals surface area contributed by atoms with Gasteiger partial charge in [0.25, 0.3) is 0 Å². The lowest BCUT2D eigenvalue weighted by molar-refractivity contribution is -0.154. The fourth-order valence-corrected chi connectivity index (χ4v) is 6.71. The van der Waals surface area contributed by atoms with E-state index in [2.05, 4.69) is 148 Å². The van der Waals surface area contributed by atoms with Crippen molar-refractivity contribution in [1.29, 1.82) is 0 Å². The molecule has 1 atom stereocenters. The normalized spacial score (nSPS) is 13.5. The lowest BCUT2D eigenvalue weighted by Crippen LogP contribution is -2.27. The zero-order valence-electron chi connectivity index (χ0n) is 40.8. The minimum absolute atomic E-state index is 0.192. The molecular weight excluding hydrogens is 773 g/mol. The molecule has 0 spiro atoms. The van der Waals surface area contributed by atoms with Crippen LogP contribution in [0.4, 0.5) is 0 Å². The zero-order chi connectivity index (χ0) is 45.5. The highest BCUT2D eigenvalue weighted by atomic mass is 16.6. The second kappa shape index (κ2) is 54.7. The first kappa shape index (κ1) is 59.5. The standard InChI is InChI=1S/C59H96O4/c1-3-5-7-9-11-13-15-17-19-21-23-25-27-29-31-33-35-37-39-41-43-45-47-49-51-53-55-62-57-58(56-60)63-59(61)54-52-50-48-46-44-42-40-38-36-34-32-30-28-26-24-22-20-18-16-14-12-10-8-6-4-2/h5-8,11-14,17-20,23-26,29,31,35,37,41,43,58,60H,3-4,9-10,15-16,21-22,27-28,30,32-34,36,38-40,42,44-57H2,1-2H3/b7-5-,8-6-,13-11-,14-12-,19-17-,20-18-,25-23-,26-24-,31-29-,37-35-,43-41-. The molecule has 0 radical (unpaired) electrons. The molecule has 0 aromatic carbocycles. The molecule has 4 heteroatoms. The van der Waals surface area contributed by atoms with Crippen LogP contribution in [0.15, 0.2) is 134 Å². The maximum absolute atomic E-state index is 12.3. The molecular formula is C59H96O4. The summed E-state index contributed by atoms with van der Waals surface area (Å²) in [5, 5.41) is 9.66. The molecule has 4 nitrogen and oxygen atoms in total. The van der Waals surface area contributed by atoms with Crippen LogP contribution in [0.1, 0.15) is 206 Å². The molecule has 1 N–H and O–H groups in total. The molecule has 0 rings (SSSR count). The number of hydrogen-bond donors (Lipinski definition) is 1. The second-order valence-corrected chi connectivity index (χ2v) is 16.5. The smallest absolute Gasteiger partial charge is 0.306 e. The fraction of sp³-hybridized carbons (Fsp3) is 0.610.